The second-order valence-corrected chi connectivity index (χ2v) is 5.42. The van der Waals surface area contributed by atoms with E-state index >= 15 is 0 Å². The molecule has 0 saturated carbocycles. The number of hydrogen-bond donors (Lipinski definition) is 3. The Labute approximate surface area is 139 Å². The van der Waals surface area contributed by atoms with Gasteiger partial charge in [-0.15, -0.1) is 0 Å². The summed E-state index contributed by atoms with van der Waals surface area (Å²) in [6, 6.07) is 13.5. The molecule has 0 unspecified atom stereocenters. The zero-order valence-corrected chi connectivity index (χ0v) is 13.3. The SMILES string of the molecule is Cc1ccccc1NC(=S)NC[C@H](O)c1ccc([N+](=O)[O-])cc1. The van der Waals surface area contributed by atoms with E-state index in [0.29, 0.717) is 10.7 Å². The molecular formula is C16H17N3O3S. The number of aryl methyl sites for hydroxylation is 1. The van der Waals surface area contributed by atoms with Crippen molar-refractivity contribution in [1.82, 2.24) is 5.32 Å². The van der Waals surface area contributed by atoms with Gasteiger partial charge in [0.25, 0.3) is 5.69 Å². The number of nitrogens with zero attached hydrogens (tertiary/aromatic N) is 1. The van der Waals surface area contributed by atoms with Gasteiger partial charge in [-0.25, -0.2) is 0 Å². The number of non-ortho nitro benzene ring substituents is 1. The van der Waals surface area contributed by atoms with Gasteiger partial charge in [-0.2, -0.15) is 0 Å². The molecule has 0 spiro atoms. The number of nitro groups is 1. The van der Waals surface area contributed by atoms with Crippen molar-refractivity contribution in [2.24, 2.45) is 0 Å². The summed E-state index contributed by atoms with van der Waals surface area (Å²) in [7, 11) is 0. The Hall–Kier alpha value is -2.51. The summed E-state index contributed by atoms with van der Waals surface area (Å²) in [5.74, 6) is 0. The zero-order chi connectivity index (χ0) is 16.8. The third kappa shape index (κ3) is 4.73. The van der Waals surface area contributed by atoms with Gasteiger partial charge >= 0.3 is 0 Å². The number of benzene rings is 2. The summed E-state index contributed by atoms with van der Waals surface area (Å²) in [6.45, 7) is 2.17. The third-order valence-electron chi connectivity index (χ3n) is 3.34. The molecule has 0 aliphatic heterocycles. The first-order chi connectivity index (χ1) is 11.0. The van der Waals surface area contributed by atoms with E-state index in [0.717, 1.165) is 11.3 Å². The minimum atomic E-state index is -0.813. The lowest BCUT2D eigenvalue weighted by atomic mass is 10.1. The minimum Gasteiger partial charge on any atom is -0.387 e. The molecule has 23 heavy (non-hydrogen) atoms. The van der Waals surface area contributed by atoms with E-state index in [1.807, 2.05) is 31.2 Å². The molecule has 0 aliphatic carbocycles. The Morgan fingerprint density at radius 1 is 1.26 bits per heavy atom. The Morgan fingerprint density at radius 3 is 2.52 bits per heavy atom. The van der Waals surface area contributed by atoms with E-state index in [1.54, 1.807) is 0 Å². The van der Waals surface area contributed by atoms with Gasteiger partial charge in [0.05, 0.1) is 11.0 Å². The minimum absolute atomic E-state index is 0.00866. The van der Waals surface area contributed by atoms with Crippen molar-refractivity contribution in [3.05, 3.63) is 69.8 Å². The standard InChI is InChI=1S/C16H17N3O3S/c1-11-4-2-3-5-14(11)18-16(23)17-10-15(20)12-6-8-13(9-7-12)19(21)22/h2-9,15,20H,10H2,1H3,(H2,17,18,23)/t15-/m0/s1. The van der Waals surface area contributed by atoms with Gasteiger partial charge in [0.2, 0.25) is 0 Å². The zero-order valence-electron chi connectivity index (χ0n) is 12.5. The van der Waals surface area contributed by atoms with Crippen LogP contribution >= 0.6 is 12.2 Å². The molecule has 0 fully saturated rings. The lowest BCUT2D eigenvalue weighted by Crippen LogP contribution is -2.32. The number of para-hydroxylation sites is 1. The largest absolute Gasteiger partial charge is 0.387 e. The smallest absolute Gasteiger partial charge is 0.269 e. The average molecular weight is 331 g/mol. The second-order valence-electron chi connectivity index (χ2n) is 5.01. The summed E-state index contributed by atoms with van der Waals surface area (Å²) in [5.41, 5.74) is 2.54. The van der Waals surface area contributed by atoms with Crippen molar-refractivity contribution < 1.29 is 10.0 Å². The second kappa shape index (κ2) is 7.66. The van der Waals surface area contributed by atoms with E-state index in [4.69, 9.17) is 12.2 Å². The van der Waals surface area contributed by atoms with Crippen LogP contribution in [0.2, 0.25) is 0 Å². The number of hydrogen-bond acceptors (Lipinski definition) is 4. The molecule has 0 aromatic heterocycles. The molecule has 2 rings (SSSR count). The van der Waals surface area contributed by atoms with E-state index in [2.05, 4.69) is 10.6 Å². The normalized spacial score (nSPS) is 11.6. The highest BCUT2D eigenvalue weighted by Gasteiger charge is 2.11. The van der Waals surface area contributed by atoms with Crippen molar-refractivity contribution in [1.29, 1.82) is 0 Å². The topological polar surface area (TPSA) is 87.4 Å². The van der Waals surface area contributed by atoms with Crippen LogP contribution in [0.5, 0.6) is 0 Å². The Kier molecular flexibility index (Phi) is 5.61. The Balaban J connectivity index is 1.88. The lowest BCUT2D eigenvalue weighted by Gasteiger charge is -2.15. The fraction of sp³-hybridized carbons (Fsp3) is 0.188. The van der Waals surface area contributed by atoms with Gasteiger partial charge in [0.15, 0.2) is 5.11 Å². The first kappa shape index (κ1) is 16.9. The monoisotopic (exact) mass is 331 g/mol. The molecule has 0 saturated heterocycles. The van der Waals surface area contributed by atoms with Crippen LogP contribution in [-0.2, 0) is 0 Å². The molecular weight excluding hydrogens is 314 g/mol. The number of nitrogens with one attached hydrogen (secondary N) is 2. The number of aliphatic hydroxyl groups excluding tert-OH is 1. The Bertz CT molecular complexity index is 704. The molecule has 0 heterocycles. The maximum absolute atomic E-state index is 10.6. The van der Waals surface area contributed by atoms with Gasteiger partial charge in [0, 0.05) is 24.4 Å². The van der Waals surface area contributed by atoms with Gasteiger partial charge in [-0.3, -0.25) is 10.1 Å². The van der Waals surface area contributed by atoms with E-state index in [1.165, 1.54) is 24.3 Å². The van der Waals surface area contributed by atoms with Crippen LogP contribution in [0.25, 0.3) is 0 Å². The summed E-state index contributed by atoms with van der Waals surface area (Å²) < 4.78 is 0. The van der Waals surface area contributed by atoms with Crippen LogP contribution in [0.4, 0.5) is 11.4 Å². The number of anilines is 1. The van der Waals surface area contributed by atoms with Gasteiger partial charge < -0.3 is 15.7 Å². The summed E-state index contributed by atoms with van der Waals surface area (Å²) in [6.07, 6.45) is -0.813. The molecule has 0 bridgehead atoms. The van der Waals surface area contributed by atoms with Crippen LogP contribution < -0.4 is 10.6 Å². The maximum atomic E-state index is 10.6. The fourth-order valence-electron chi connectivity index (χ4n) is 2.01. The van der Waals surface area contributed by atoms with Gasteiger partial charge in [-0.1, -0.05) is 18.2 Å². The van der Waals surface area contributed by atoms with E-state index < -0.39 is 11.0 Å². The summed E-state index contributed by atoms with van der Waals surface area (Å²) in [5, 5.41) is 27.1. The predicted molar refractivity (Wildman–Crippen MR) is 93.5 cm³/mol. The first-order valence-electron chi connectivity index (χ1n) is 7.00. The molecule has 0 radical (unpaired) electrons. The van der Waals surface area contributed by atoms with Crippen LogP contribution in [0.3, 0.4) is 0 Å². The van der Waals surface area contributed by atoms with Gasteiger partial charge in [-0.05, 0) is 48.5 Å². The molecule has 2 aromatic rings. The van der Waals surface area contributed by atoms with Crippen molar-refractivity contribution in [3.8, 4) is 0 Å². The predicted octanol–water partition coefficient (Wildman–Crippen LogP) is 2.92. The van der Waals surface area contributed by atoms with Crippen LogP contribution in [-0.4, -0.2) is 21.7 Å². The quantitative estimate of drug-likeness (QED) is 0.444. The van der Waals surface area contributed by atoms with E-state index in [9.17, 15) is 15.2 Å². The van der Waals surface area contributed by atoms with Gasteiger partial charge in [0.1, 0.15) is 0 Å². The highest BCUT2D eigenvalue weighted by molar-refractivity contribution is 7.80. The molecule has 120 valence electrons. The number of nitro benzene ring substituents is 1. The van der Waals surface area contributed by atoms with Crippen molar-refractivity contribution in [2.75, 3.05) is 11.9 Å². The molecule has 1 atom stereocenters. The highest BCUT2D eigenvalue weighted by atomic mass is 32.1. The summed E-state index contributed by atoms with van der Waals surface area (Å²) in [4.78, 5) is 10.1. The number of rotatable bonds is 5. The number of aliphatic hydroxyl groups is 1. The number of thiocarbonyl (C=S) groups is 1. The molecule has 6 nitrogen and oxygen atoms in total. The molecule has 7 heteroatoms. The van der Waals surface area contributed by atoms with E-state index in [-0.39, 0.29) is 12.2 Å². The van der Waals surface area contributed by atoms with Crippen molar-refractivity contribution in [3.63, 3.8) is 0 Å². The lowest BCUT2D eigenvalue weighted by molar-refractivity contribution is -0.384. The first-order valence-corrected chi connectivity index (χ1v) is 7.41. The van der Waals surface area contributed by atoms with Crippen LogP contribution in [0, 0.1) is 17.0 Å². The Morgan fingerprint density at radius 2 is 1.91 bits per heavy atom. The van der Waals surface area contributed by atoms with Crippen molar-refractivity contribution >= 4 is 28.7 Å². The third-order valence-corrected chi connectivity index (χ3v) is 3.58. The average Bonchev–Trinajstić information content (AvgIpc) is 2.55. The van der Waals surface area contributed by atoms with Crippen LogP contribution in [0.15, 0.2) is 48.5 Å². The molecule has 0 aliphatic rings. The van der Waals surface area contributed by atoms with Crippen molar-refractivity contribution in [2.45, 2.75) is 13.0 Å². The summed E-state index contributed by atoms with van der Waals surface area (Å²) >= 11 is 5.20. The molecule has 3 N–H and O–H groups in total. The molecule has 2 aromatic carbocycles. The maximum Gasteiger partial charge on any atom is 0.269 e. The molecule has 0 amide bonds. The fourth-order valence-corrected chi connectivity index (χ4v) is 2.20. The van der Waals surface area contributed by atoms with Crippen LogP contribution in [0.1, 0.15) is 17.2 Å². The highest BCUT2D eigenvalue weighted by Crippen LogP contribution is 2.17.